The Balaban J connectivity index is 1.77. The Bertz CT molecular complexity index is 1690. The van der Waals surface area contributed by atoms with Crippen LogP contribution in [0.2, 0.25) is 0 Å². The van der Waals surface area contributed by atoms with Crippen LogP contribution in [0.25, 0.3) is 0 Å². The molecule has 1 heterocycles. The van der Waals surface area contributed by atoms with Crippen molar-refractivity contribution >= 4 is 11.6 Å². The number of anilines is 2. The van der Waals surface area contributed by atoms with Gasteiger partial charge in [-0.15, -0.1) is 5.10 Å². The smallest absolute Gasteiger partial charge is 0.388 e. The van der Waals surface area contributed by atoms with Gasteiger partial charge in [-0.05, 0) is 83.8 Å². The van der Waals surface area contributed by atoms with Crippen LogP contribution in [0.15, 0.2) is 60.7 Å². The van der Waals surface area contributed by atoms with Gasteiger partial charge in [0.05, 0.1) is 35.9 Å². The number of rotatable bonds is 6. The molecule has 6 nitrogen and oxygen atoms in total. The monoisotopic (exact) mass is 685 g/mol. The summed E-state index contributed by atoms with van der Waals surface area (Å²) in [6.07, 6.45) is -14.1. The van der Waals surface area contributed by atoms with Crippen molar-refractivity contribution in [1.29, 1.82) is 0 Å². The molecule has 0 saturated heterocycles. The molecule has 258 valence electrons. The van der Waals surface area contributed by atoms with E-state index in [1.165, 1.54) is 20.0 Å². The first-order valence-electron chi connectivity index (χ1n) is 15.2. The molecule has 3 aromatic carbocycles. The van der Waals surface area contributed by atoms with Crippen molar-refractivity contribution in [1.82, 2.24) is 20.2 Å². The Kier molecular flexibility index (Phi) is 9.82. The molecule has 4 aromatic rings. The minimum atomic E-state index is -5.16. The summed E-state index contributed by atoms with van der Waals surface area (Å²) in [7, 11) is 1.36. The number of tetrazole rings is 1. The maximum absolute atomic E-state index is 14.3. The van der Waals surface area contributed by atoms with Gasteiger partial charge in [0.15, 0.2) is 0 Å². The highest BCUT2D eigenvalue weighted by molar-refractivity contribution is 5.63. The molecule has 15 heteroatoms. The van der Waals surface area contributed by atoms with Gasteiger partial charge in [0, 0.05) is 5.69 Å². The predicted octanol–water partition coefficient (Wildman–Crippen LogP) is 9.63. The van der Waals surface area contributed by atoms with E-state index in [0.29, 0.717) is 43.4 Å². The molecule has 0 spiro atoms. The first-order chi connectivity index (χ1) is 22.4. The molecule has 48 heavy (non-hydrogen) atoms. The number of nitrogens with zero attached hydrogens (tertiary/aromatic N) is 5. The van der Waals surface area contributed by atoms with Crippen molar-refractivity contribution in [2.24, 2.45) is 7.05 Å². The second-order valence-corrected chi connectivity index (χ2v) is 12.0. The minimum Gasteiger partial charge on any atom is -0.388 e. The van der Waals surface area contributed by atoms with Crippen molar-refractivity contribution in [2.75, 3.05) is 4.90 Å². The van der Waals surface area contributed by atoms with Gasteiger partial charge < -0.3 is 10.0 Å². The van der Waals surface area contributed by atoms with Gasteiger partial charge in [0.1, 0.15) is 0 Å². The largest absolute Gasteiger partial charge is 0.416 e. The van der Waals surface area contributed by atoms with E-state index in [1.54, 1.807) is 30.3 Å². The summed E-state index contributed by atoms with van der Waals surface area (Å²) in [4.78, 5) is 2.08. The number of hydrogen-bond acceptors (Lipinski definition) is 5. The van der Waals surface area contributed by atoms with E-state index in [9.17, 15) is 44.6 Å². The Morgan fingerprint density at radius 2 is 1.44 bits per heavy atom. The number of fused-ring (bicyclic) bond motifs is 1. The van der Waals surface area contributed by atoms with Crippen molar-refractivity contribution < 1.29 is 44.6 Å². The SMILES string of the molecule is Cc1cc2c(cc1C(F)(F)F)C(CC(O)c1ccccc1)CCCCC[C@@H]2N(c1cc(C(F)(F)F)cc(C(F)(F)F)c1)c1nnn(C)n1. The van der Waals surface area contributed by atoms with Crippen LogP contribution in [0.5, 0.6) is 0 Å². The number of aliphatic hydroxyl groups is 1. The molecule has 0 bridgehead atoms. The number of halogens is 9. The molecule has 3 atom stereocenters. The van der Waals surface area contributed by atoms with Crippen molar-refractivity contribution in [3.8, 4) is 0 Å². The highest BCUT2D eigenvalue weighted by Crippen LogP contribution is 2.48. The van der Waals surface area contributed by atoms with E-state index in [-0.39, 0.29) is 41.5 Å². The average molecular weight is 686 g/mol. The van der Waals surface area contributed by atoms with E-state index in [2.05, 4.69) is 15.4 Å². The zero-order chi connectivity index (χ0) is 35.0. The van der Waals surface area contributed by atoms with Crippen LogP contribution in [0.1, 0.15) is 95.5 Å². The third-order valence-corrected chi connectivity index (χ3v) is 8.63. The second-order valence-electron chi connectivity index (χ2n) is 12.0. The van der Waals surface area contributed by atoms with Crippen LogP contribution in [-0.2, 0) is 25.6 Å². The molecule has 0 radical (unpaired) electrons. The Labute approximate surface area is 270 Å². The summed E-state index contributed by atoms with van der Waals surface area (Å²) in [6, 6.07) is 10.8. The molecule has 5 rings (SSSR count). The molecule has 0 aliphatic heterocycles. The van der Waals surface area contributed by atoms with Gasteiger partial charge in [-0.1, -0.05) is 60.8 Å². The van der Waals surface area contributed by atoms with Crippen molar-refractivity contribution in [2.45, 2.75) is 82.0 Å². The molecule has 2 unspecified atom stereocenters. The first kappa shape index (κ1) is 35.2. The minimum absolute atomic E-state index is 0.00363. The van der Waals surface area contributed by atoms with Crippen LogP contribution in [0, 0.1) is 6.92 Å². The van der Waals surface area contributed by atoms with Crippen LogP contribution in [0.4, 0.5) is 51.1 Å². The zero-order valence-electron chi connectivity index (χ0n) is 25.8. The highest BCUT2D eigenvalue weighted by Gasteiger charge is 2.41. The topological polar surface area (TPSA) is 67.1 Å². The van der Waals surface area contributed by atoms with Crippen LogP contribution in [-0.4, -0.2) is 25.3 Å². The highest BCUT2D eigenvalue weighted by atomic mass is 19.4. The standard InChI is InChI=1S/C33H32F9N5O/c1-19-13-26-25(18-27(19)33(40,41)42)21(14-29(48)20-9-5-3-6-10-20)11-7-4-8-12-28(26)47(30-43-45-46(2)44-30)24-16-22(31(34,35)36)15-23(17-24)32(37,38)39/h3,5-6,9-10,13,15-18,21,28-29,48H,4,7-8,11-12,14H2,1-2H3/t21?,28-,29?/m0/s1. The van der Waals surface area contributed by atoms with E-state index in [4.69, 9.17) is 0 Å². The lowest BCUT2D eigenvalue weighted by Crippen LogP contribution is -2.28. The second kappa shape index (κ2) is 13.4. The summed E-state index contributed by atoms with van der Waals surface area (Å²) in [5.74, 6) is -0.986. The molecular formula is C33H32F9N5O. The average Bonchev–Trinajstić information content (AvgIpc) is 3.45. The van der Waals surface area contributed by atoms with Crippen molar-refractivity contribution in [3.63, 3.8) is 0 Å². The van der Waals surface area contributed by atoms with Gasteiger partial charge in [-0.3, -0.25) is 0 Å². The fraction of sp³-hybridized carbons (Fsp3) is 0.424. The Morgan fingerprint density at radius 1 is 0.812 bits per heavy atom. The maximum atomic E-state index is 14.3. The van der Waals surface area contributed by atoms with Gasteiger partial charge in [-0.25, -0.2) is 0 Å². The third kappa shape index (κ3) is 7.77. The van der Waals surface area contributed by atoms with Gasteiger partial charge in [0.2, 0.25) is 0 Å². The van der Waals surface area contributed by atoms with Gasteiger partial charge in [-0.2, -0.15) is 44.3 Å². The number of hydrogen-bond donors (Lipinski definition) is 1. The van der Waals surface area contributed by atoms with Crippen molar-refractivity contribution in [3.05, 3.63) is 99.6 Å². The fourth-order valence-electron chi connectivity index (χ4n) is 6.39. The number of benzene rings is 3. The summed E-state index contributed by atoms with van der Waals surface area (Å²) >= 11 is 0. The van der Waals surface area contributed by atoms with E-state index < -0.39 is 59.0 Å². The lowest BCUT2D eigenvalue weighted by Gasteiger charge is -2.35. The van der Waals surface area contributed by atoms with E-state index in [0.717, 1.165) is 15.8 Å². The summed E-state index contributed by atoms with van der Waals surface area (Å²) in [5, 5.41) is 23.0. The summed E-state index contributed by atoms with van der Waals surface area (Å²) in [5.41, 5.74) is -3.82. The number of aryl methyl sites for hydroxylation is 2. The van der Waals surface area contributed by atoms with Crippen LogP contribution in [0.3, 0.4) is 0 Å². The molecule has 1 aliphatic rings. The number of aliphatic hydroxyl groups excluding tert-OH is 1. The molecule has 1 aromatic heterocycles. The molecule has 1 N–H and O–H groups in total. The van der Waals surface area contributed by atoms with Gasteiger partial charge >= 0.3 is 18.5 Å². The predicted molar refractivity (Wildman–Crippen MR) is 158 cm³/mol. The lowest BCUT2D eigenvalue weighted by molar-refractivity contribution is -0.143. The molecule has 0 saturated carbocycles. The number of alkyl halides is 9. The quantitative estimate of drug-likeness (QED) is 0.205. The summed E-state index contributed by atoms with van der Waals surface area (Å²) in [6.45, 7) is 1.25. The van der Waals surface area contributed by atoms with Gasteiger partial charge in [0.25, 0.3) is 5.95 Å². The van der Waals surface area contributed by atoms with E-state index >= 15 is 0 Å². The molecule has 1 aliphatic carbocycles. The third-order valence-electron chi connectivity index (χ3n) is 8.63. The number of aromatic nitrogens is 4. The first-order valence-corrected chi connectivity index (χ1v) is 15.2. The Hall–Kier alpha value is -4.14. The fourth-order valence-corrected chi connectivity index (χ4v) is 6.39. The Morgan fingerprint density at radius 3 is 2.00 bits per heavy atom. The molecular weight excluding hydrogens is 653 g/mol. The summed E-state index contributed by atoms with van der Waals surface area (Å²) < 4.78 is 127. The lowest BCUT2D eigenvalue weighted by atomic mass is 9.81. The maximum Gasteiger partial charge on any atom is 0.416 e. The molecule has 0 amide bonds. The molecule has 0 fully saturated rings. The van der Waals surface area contributed by atoms with Crippen LogP contribution >= 0.6 is 0 Å². The normalized spacial score (nSPS) is 18.4. The zero-order valence-corrected chi connectivity index (χ0v) is 25.8. The van der Waals surface area contributed by atoms with E-state index in [1.807, 2.05) is 0 Å². The van der Waals surface area contributed by atoms with Crippen LogP contribution < -0.4 is 4.90 Å².